The van der Waals surface area contributed by atoms with Gasteiger partial charge in [0, 0.05) is 27.2 Å². The lowest BCUT2D eigenvalue weighted by atomic mass is 10.1. The van der Waals surface area contributed by atoms with E-state index in [2.05, 4.69) is 36.2 Å². The predicted molar refractivity (Wildman–Crippen MR) is 115 cm³/mol. The molecule has 0 amide bonds. The molecule has 0 saturated carbocycles. The summed E-state index contributed by atoms with van der Waals surface area (Å²) in [7, 11) is -1.32. The molecule has 0 unspecified atom stereocenters. The highest BCUT2D eigenvalue weighted by molar-refractivity contribution is 6.76. The Hall–Kier alpha value is -2.72. The zero-order valence-corrected chi connectivity index (χ0v) is 18.8. The van der Waals surface area contributed by atoms with Gasteiger partial charge in [-0.15, -0.1) is 0 Å². The van der Waals surface area contributed by atoms with Crippen molar-refractivity contribution in [1.82, 2.24) is 14.5 Å². The number of ether oxygens (including phenoxy) is 1. The van der Waals surface area contributed by atoms with E-state index >= 15 is 0 Å². The summed E-state index contributed by atoms with van der Waals surface area (Å²) in [6, 6.07) is 3.40. The molecule has 1 aromatic carbocycles. The average molecular weight is 452 g/mol. The van der Waals surface area contributed by atoms with Gasteiger partial charge in [0.2, 0.25) is 0 Å². The average Bonchev–Trinajstić information content (AvgIpc) is 3.00. The van der Waals surface area contributed by atoms with E-state index in [0.29, 0.717) is 13.5 Å². The maximum absolute atomic E-state index is 14.6. The van der Waals surface area contributed by atoms with Crippen LogP contribution in [0.3, 0.4) is 0 Å². The Labute approximate surface area is 178 Å². The van der Waals surface area contributed by atoms with E-state index in [1.54, 1.807) is 0 Å². The zero-order valence-electron chi connectivity index (χ0n) is 17.8. The number of oxazole rings is 1. The smallest absolute Gasteiger partial charge is 0.407 e. The summed E-state index contributed by atoms with van der Waals surface area (Å²) in [4.78, 5) is 20.4. The third kappa shape index (κ3) is 4.96. The van der Waals surface area contributed by atoms with Crippen molar-refractivity contribution in [1.29, 1.82) is 0 Å². The summed E-state index contributed by atoms with van der Waals surface area (Å²) >= 11 is 0. The van der Waals surface area contributed by atoms with Crippen LogP contribution in [-0.4, -0.2) is 29.2 Å². The Morgan fingerprint density at radius 3 is 2.65 bits per heavy atom. The number of halogens is 3. The van der Waals surface area contributed by atoms with Crippen molar-refractivity contribution < 1.29 is 22.3 Å². The highest BCUT2D eigenvalue weighted by Crippen LogP contribution is 2.32. The monoisotopic (exact) mass is 451 g/mol. The summed E-state index contributed by atoms with van der Waals surface area (Å²) in [5.74, 6) is -4.67. The van der Waals surface area contributed by atoms with Gasteiger partial charge >= 0.3 is 5.76 Å². The Kier molecular flexibility index (Phi) is 6.24. The molecule has 6 nitrogen and oxygen atoms in total. The molecule has 0 aliphatic carbocycles. The summed E-state index contributed by atoms with van der Waals surface area (Å²) in [6.07, 6.45) is 2.30. The fourth-order valence-corrected chi connectivity index (χ4v) is 3.76. The maximum atomic E-state index is 14.6. The number of rotatable bonds is 8. The second kappa shape index (κ2) is 8.43. The number of nitrogens with zero attached hydrogens (tertiary/aromatic N) is 3. The quantitative estimate of drug-likeness (QED) is 0.345. The second-order valence-electron chi connectivity index (χ2n) is 8.50. The summed E-state index contributed by atoms with van der Waals surface area (Å²) in [5.41, 5.74) is -0.385. The minimum Gasteiger partial charge on any atom is -0.407 e. The van der Waals surface area contributed by atoms with E-state index in [9.17, 15) is 18.0 Å². The van der Waals surface area contributed by atoms with Crippen molar-refractivity contribution in [2.24, 2.45) is 0 Å². The van der Waals surface area contributed by atoms with E-state index in [1.807, 2.05) is 0 Å². The van der Waals surface area contributed by atoms with E-state index in [-0.39, 0.29) is 34.8 Å². The van der Waals surface area contributed by atoms with Gasteiger partial charge in [0.25, 0.3) is 5.92 Å². The van der Waals surface area contributed by atoms with Crippen molar-refractivity contribution in [3.8, 4) is 11.3 Å². The van der Waals surface area contributed by atoms with Crippen LogP contribution in [0.5, 0.6) is 0 Å². The van der Waals surface area contributed by atoms with Crippen LogP contribution in [0.4, 0.5) is 13.2 Å². The lowest BCUT2D eigenvalue weighted by molar-refractivity contribution is 0.0121. The predicted octanol–water partition coefficient (Wildman–Crippen LogP) is 5.26. The first-order chi connectivity index (χ1) is 14.4. The van der Waals surface area contributed by atoms with Gasteiger partial charge in [0.1, 0.15) is 17.9 Å². The molecule has 2 aromatic heterocycles. The van der Waals surface area contributed by atoms with Crippen LogP contribution in [0.25, 0.3) is 28.4 Å². The molecule has 0 N–H and O–H groups in total. The standard InChI is InChI=1S/C21H24F3N3O3Si/c1-6-15-19(21(2,23)24)25-11-16(26-15)13-7-8-14(22)17-18(13)30-20(28)27(17)12-29-9-10-31(3,4)5/h6-8,11H,1,9-10,12H2,2-5H3. The van der Waals surface area contributed by atoms with Crippen LogP contribution in [0.15, 0.2) is 34.1 Å². The van der Waals surface area contributed by atoms with Gasteiger partial charge < -0.3 is 9.15 Å². The number of hydrogen-bond donors (Lipinski definition) is 0. The molecular formula is C21H24F3N3O3Si. The van der Waals surface area contributed by atoms with Crippen LogP contribution >= 0.6 is 0 Å². The number of aromatic nitrogens is 3. The topological polar surface area (TPSA) is 70.2 Å². The fourth-order valence-electron chi connectivity index (χ4n) is 3.00. The minimum atomic E-state index is -3.21. The second-order valence-corrected chi connectivity index (χ2v) is 14.1. The van der Waals surface area contributed by atoms with Crippen LogP contribution in [0.1, 0.15) is 18.3 Å². The molecule has 0 atom stereocenters. The Morgan fingerprint density at radius 2 is 2.03 bits per heavy atom. The third-order valence-corrected chi connectivity index (χ3v) is 6.37. The molecule has 0 aliphatic heterocycles. The van der Waals surface area contributed by atoms with E-state index in [4.69, 9.17) is 9.15 Å². The van der Waals surface area contributed by atoms with Crippen LogP contribution in [-0.2, 0) is 17.4 Å². The number of alkyl halides is 2. The first-order valence-electron chi connectivity index (χ1n) is 9.70. The van der Waals surface area contributed by atoms with E-state index in [1.165, 1.54) is 6.07 Å². The number of fused-ring (bicyclic) bond motifs is 1. The molecule has 0 spiro atoms. The van der Waals surface area contributed by atoms with Crippen LogP contribution in [0, 0.1) is 5.82 Å². The van der Waals surface area contributed by atoms with Gasteiger partial charge in [0.05, 0.1) is 17.6 Å². The van der Waals surface area contributed by atoms with Gasteiger partial charge in [-0.3, -0.25) is 4.98 Å². The van der Waals surface area contributed by atoms with Gasteiger partial charge in [-0.25, -0.2) is 18.7 Å². The summed E-state index contributed by atoms with van der Waals surface area (Å²) < 4.78 is 54.0. The molecule has 0 radical (unpaired) electrons. The minimum absolute atomic E-state index is 0.0564. The molecule has 2 heterocycles. The highest BCUT2D eigenvalue weighted by Gasteiger charge is 2.30. The molecule has 0 bridgehead atoms. The van der Waals surface area contributed by atoms with Crippen LogP contribution in [0.2, 0.25) is 25.7 Å². The first kappa shape index (κ1) is 23.0. The maximum Gasteiger partial charge on any atom is 0.421 e. The van der Waals surface area contributed by atoms with Gasteiger partial charge in [-0.2, -0.15) is 8.78 Å². The van der Waals surface area contributed by atoms with Crippen molar-refractivity contribution in [3.63, 3.8) is 0 Å². The van der Waals surface area contributed by atoms with E-state index in [0.717, 1.165) is 29.0 Å². The van der Waals surface area contributed by atoms with Gasteiger partial charge in [-0.1, -0.05) is 26.2 Å². The molecule has 0 saturated heterocycles. The lowest BCUT2D eigenvalue weighted by Gasteiger charge is -2.15. The molecule has 3 aromatic rings. The Bertz CT molecular complexity index is 1180. The SMILES string of the molecule is C=Cc1nc(-c2ccc(F)c3c2oc(=O)n3COCC[Si](C)(C)C)cnc1C(C)(F)F. The molecule has 0 fully saturated rings. The van der Waals surface area contributed by atoms with Crippen molar-refractivity contribution in [2.45, 2.75) is 45.3 Å². The number of hydrogen-bond acceptors (Lipinski definition) is 5. The number of benzene rings is 1. The zero-order chi connectivity index (χ0) is 23.0. The molecule has 10 heteroatoms. The van der Waals surface area contributed by atoms with Gasteiger partial charge in [0.15, 0.2) is 11.4 Å². The molecule has 0 aliphatic rings. The van der Waals surface area contributed by atoms with Crippen molar-refractivity contribution in [2.75, 3.05) is 6.61 Å². The molecule has 31 heavy (non-hydrogen) atoms. The molecule has 166 valence electrons. The fraction of sp³-hybridized carbons (Fsp3) is 0.381. The van der Waals surface area contributed by atoms with E-state index < -0.39 is 31.3 Å². The van der Waals surface area contributed by atoms with Crippen molar-refractivity contribution >= 4 is 25.2 Å². The summed E-state index contributed by atoms with van der Waals surface area (Å²) in [5, 5.41) is 0. The first-order valence-corrected chi connectivity index (χ1v) is 13.4. The molecule has 3 rings (SSSR count). The van der Waals surface area contributed by atoms with Crippen LogP contribution < -0.4 is 5.76 Å². The van der Waals surface area contributed by atoms with Crippen molar-refractivity contribution in [3.05, 3.63) is 52.7 Å². The highest BCUT2D eigenvalue weighted by atomic mass is 28.3. The Morgan fingerprint density at radius 1 is 1.32 bits per heavy atom. The molecular weight excluding hydrogens is 427 g/mol. The Balaban J connectivity index is 2.03. The largest absolute Gasteiger partial charge is 0.421 e. The third-order valence-electron chi connectivity index (χ3n) is 4.66. The lowest BCUT2D eigenvalue weighted by Crippen LogP contribution is -2.23. The van der Waals surface area contributed by atoms with Gasteiger partial charge in [-0.05, 0) is 24.3 Å². The summed E-state index contributed by atoms with van der Waals surface area (Å²) in [6.45, 7) is 11.1. The normalized spacial score (nSPS) is 12.5.